The number of nitrogens with zero attached hydrogens (tertiary/aromatic N) is 2. The van der Waals surface area contributed by atoms with Crippen molar-refractivity contribution in [3.8, 4) is 11.5 Å². The molecule has 0 atom stereocenters. The maximum absolute atomic E-state index is 12.6. The number of hydrogen-bond donors (Lipinski definition) is 1. The number of pyridine rings is 1. The fourth-order valence-corrected chi connectivity index (χ4v) is 2.57. The summed E-state index contributed by atoms with van der Waals surface area (Å²) in [5.74, 6) is -0.0379. The molecule has 3 aromatic rings. The topological polar surface area (TPSA) is 107 Å². The highest BCUT2D eigenvalue weighted by Crippen LogP contribution is 2.27. The van der Waals surface area contributed by atoms with Gasteiger partial charge in [0, 0.05) is 6.54 Å². The molecule has 0 saturated heterocycles. The zero-order valence-electron chi connectivity index (χ0n) is 15.4. The number of hydrogen-bond acceptors (Lipinski definition) is 7. The van der Waals surface area contributed by atoms with Crippen LogP contribution in [0.5, 0.6) is 0 Å². The molecule has 27 heavy (non-hydrogen) atoms. The molecule has 0 fully saturated rings. The van der Waals surface area contributed by atoms with E-state index in [1.165, 1.54) is 6.26 Å². The number of aromatic nitrogens is 2. The second kappa shape index (κ2) is 8.03. The molecule has 0 bridgehead atoms. The SMILES string of the molecule is Cc1noc2nc(-c3ccco3)cc(C(=O)OCC(=O)NCCC(C)C)c12. The van der Waals surface area contributed by atoms with E-state index in [4.69, 9.17) is 13.7 Å². The monoisotopic (exact) mass is 371 g/mol. The minimum absolute atomic E-state index is 0.203. The summed E-state index contributed by atoms with van der Waals surface area (Å²) in [6, 6.07) is 4.98. The summed E-state index contributed by atoms with van der Waals surface area (Å²) < 4.78 is 15.7. The number of carbonyl (C=O) groups is 2. The third-order valence-electron chi connectivity index (χ3n) is 3.99. The maximum Gasteiger partial charge on any atom is 0.339 e. The summed E-state index contributed by atoms with van der Waals surface area (Å²) in [7, 11) is 0. The minimum Gasteiger partial charge on any atom is -0.463 e. The van der Waals surface area contributed by atoms with Gasteiger partial charge in [0.1, 0.15) is 5.69 Å². The van der Waals surface area contributed by atoms with E-state index in [-0.39, 0.29) is 23.8 Å². The largest absolute Gasteiger partial charge is 0.463 e. The highest BCUT2D eigenvalue weighted by molar-refractivity contribution is 6.04. The van der Waals surface area contributed by atoms with Crippen LogP contribution in [0.25, 0.3) is 22.6 Å². The Hall–Kier alpha value is -3.16. The Kier molecular flexibility index (Phi) is 5.54. The fourth-order valence-electron chi connectivity index (χ4n) is 2.57. The molecular formula is C19H21N3O5. The van der Waals surface area contributed by atoms with Gasteiger partial charge in [-0.25, -0.2) is 9.78 Å². The van der Waals surface area contributed by atoms with Gasteiger partial charge < -0.3 is 19.0 Å². The van der Waals surface area contributed by atoms with Crippen LogP contribution in [0, 0.1) is 12.8 Å². The Labute approximate surface area is 155 Å². The first-order chi connectivity index (χ1) is 13.0. The number of ether oxygens (including phenoxy) is 1. The van der Waals surface area contributed by atoms with Gasteiger partial charge in [0.15, 0.2) is 12.4 Å². The molecule has 0 spiro atoms. The second-order valence-corrected chi connectivity index (χ2v) is 6.59. The number of carbonyl (C=O) groups excluding carboxylic acids is 2. The van der Waals surface area contributed by atoms with Crippen molar-refractivity contribution in [2.24, 2.45) is 5.92 Å². The third-order valence-corrected chi connectivity index (χ3v) is 3.99. The summed E-state index contributed by atoms with van der Waals surface area (Å²) in [6.45, 7) is 6.02. The quantitative estimate of drug-likeness (QED) is 0.636. The zero-order valence-corrected chi connectivity index (χ0v) is 15.4. The number of furan rings is 1. The van der Waals surface area contributed by atoms with Gasteiger partial charge in [-0.1, -0.05) is 19.0 Å². The molecule has 3 aromatic heterocycles. The normalized spacial score (nSPS) is 11.1. The van der Waals surface area contributed by atoms with E-state index >= 15 is 0 Å². The van der Waals surface area contributed by atoms with E-state index in [9.17, 15) is 9.59 Å². The minimum atomic E-state index is -0.652. The lowest BCUT2D eigenvalue weighted by molar-refractivity contribution is -0.124. The maximum atomic E-state index is 12.6. The van der Waals surface area contributed by atoms with Crippen molar-refractivity contribution >= 4 is 23.0 Å². The van der Waals surface area contributed by atoms with Crippen LogP contribution in [-0.2, 0) is 9.53 Å². The van der Waals surface area contributed by atoms with Crippen LogP contribution >= 0.6 is 0 Å². The lowest BCUT2D eigenvalue weighted by Gasteiger charge is -2.09. The smallest absolute Gasteiger partial charge is 0.339 e. The lowest BCUT2D eigenvalue weighted by Crippen LogP contribution is -2.30. The molecule has 0 aliphatic heterocycles. The molecule has 1 amide bonds. The molecule has 0 aliphatic rings. The van der Waals surface area contributed by atoms with Crippen molar-refractivity contribution in [2.75, 3.05) is 13.2 Å². The predicted octanol–water partition coefficient (Wildman–Crippen LogP) is 3.11. The summed E-state index contributed by atoms with van der Waals surface area (Å²) in [5.41, 5.74) is 1.35. The van der Waals surface area contributed by atoms with E-state index in [0.717, 1.165) is 6.42 Å². The van der Waals surface area contributed by atoms with Crippen LogP contribution < -0.4 is 5.32 Å². The van der Waals surface area contributed by atoms with Gasteiger partial charge in [-0.15, -0.1) is 0 Å². The molecule has 0 aliphatic carbocycles. The summed E-state index contributed by atoms with van der Waals surface area (Å²) >= 11 is 0. The van der Waals surface area contributed by atoms with Crippen molar-refractivity contribution in [3.05, 3.63) is 35.7 Å². The first kappa shape index (κ1) is 18.6. The van der Waals surface area contributed by atoms with Gasteiger partial charge in [-0.2, -0.15) is 0 Å². The average molecular weight is 371 g/mol. The molecule has 1 N–H and O–H groups in total. The Morgan fingerprint density at radius 3 is 2.85 bits per heavy atom. The predicted molar refractivity (Wildman–Crippen MR) is 97.0 cm³/mol. The van der Waals surface area contributed by atoms with Gasteiger partial charge in [-0.05, 0) is 37.5 Å². The van der Waals surface area contributed by atoms with Crippen LogP contribution in [0.3, 0.4) is 0 Å². The van der Waals surface area contributed by atoms with Gasteiger partial charge in [-0.3, -0.25) is 4.79 Å². The number of nitrogens with one attached hydrogen (secondary N) is 1. The number of rotatable bonds is 7. The van der Waals surface area contributed by atoms with Crippen LogP contribution in [0.15, 0.2) is 33.4 Å². The van der Waals surface area contributed by atoms with Crippen molar-refractivity contribution in [1.82, 2.24) is 15.5 Å². The molecule has 3 heterocycles. The van der Waals surface area contributed by atoms with Crippen molar-refractivity contribution in [1.29, 1.82) is 0 Å². The third kappa shape index (κ3) is 4.33. The first-order valence-corrected chi connectivity index (χ1v) is 8.70. The number of esters is 1. The number of aryl methyl sites for hydroxylation is 1. The van der Waals surface area contributed by atoms with Crippen molar-refractivity contribution < 1.29 is 23.3 Å². The standard InChI is InChI=1S/C19H21N3O5/c1-11(2)6-7-20-16(23)10-26-19(24)13-9-14(15-5-4-8-25-15)21-18-17(13)12(3)22-27-18/h4-5,8-9,11H,6-7,10H2,1-3H3,(H,20,23). The van der Waals surface area contributed by atoms with Gasteiger partial charge >= 0.3 is 5.97 Å². The van der Waals surface area contributed by atoms with Crippen LogP contribution in [0.1, 0.15) is 36.3 Å². The molecule has 8 nitrogen and oxygen atoms in total. The highest BCUT2D eigenvalue weighted by Gasteiger charge is 2.21. The Morgan fingerprint density at radius 2 is 2.15 bits per heavy atom. The molecule has 142 valence electrons. The van der Waals surface area contributed by atoms with Gasteiger partial charge in [0.25, 0.3) is 11.6 Å². The second-order valence-electron chi connectivity index (χ2n) is 6.59. The van der Waals surface area contributed by atoms with E-state index in [1.54, 1.807) is 25.1 Å². The number of fused-ring (bicyclic) bond motifs is 1. The Bertz CT molecular complexity index is 944. The highest BCUT2D eigenvalue weighted by atomic mass is 16.5. The van der Waals surface area contributed by atoms with Crippen molar-refractivity contribution in [2.45, 2.75) is 27.2 Å². The van der Waals surface area contributed by atoms with Gasteiger partial charge in [0.05, 0.1) is 22.9 Å². The zero-order chi connectivity index (χ0) is 19.4. The van der Waals surface area contributed by atoms with Crippen LogP contribution in [0.2, 0.25) is 0 Å². The van der Waals surface area contributed by atoms with E-state index in [0.29, 0.717) is 35.0 Å². The molecule has 8 heteroatoms. The van der Waals surface area contributed by atoms with E-state index < -0.39 is 5.97 Å². The van der Waals surface area contributed by atoms with Crippen LogP contribution in [0.4, 0.5) is 0 Å². The molecular weight excluding hydrogens is 350 g/mol. The molecule has 3 rings (SSSR count). The lowest BCUT2D eigenvalue weighted by atomic mass is 10.1. The van der Waals surface area contributed by atoms with E-state index in [1.807, 2.05) is 0 Å². The average Bonchev–Trinajstić information content (AvgIpc) is 3.29. The molecule has 0 unspecified atom stereocenters. The molecule has 0 aromatic carbocycles. The number of amides is 1. The van der Waals surface area contributed by atoms with Crippen LogP contribution in [-0.4, -0.2) is 35.2 Å². The fraction of sp³-hybridized carbons (Fsp3) is 0.368. The summed E-state index contributed by atoms with van der Waals surface area (Å²) in [6.07, 6.45) is 2.36. The molecule has 0 radical (unpaired) electrons. The first-order valence-electron chi connectivity index (χ1n) is 8.70. The summed E-state index contributed by atoms with van der Waals surface area (Å²) in [4.78, 5) is 28.8. The Morgan fingerprint density at radius 1 is 1.33 bits per heavy atom. The van der Waals surface area contributed by atoms with Gasteiger partial charge in [0.2, 0.25) is 0 Å². The van der Waals surface area contributed by atoms with E-state index in [2.05, 4.69) is 29.3 Å². The Balaban J connectivity index is 1.77. The summed E-state index contributed by atoms with van der Waals surface area (Å²) in [5, 5.41) is 7.04. The molecule has 0 saturated carbocycles. The van der Waals surface area contributed by atoms with Crippen molar-refractivity contribution in [3.63, 3.8) is 0 Å².